The van der Waals surface area contributed by atoms with Crippen LogP contribution in [0.4, 0.5) is 5.69 Å². The summed E-state index contributed by atoms with van der Waals surface area (Å²) in [7, 11) is -3.28. The van der Waals surface area contributed by atoms with Crippen LogP contribution in [0.2, 0.25) is 0 Å². The first-order valence-corrected chi connectivity index (χ1v) is 11.2. The van der Waals surface area contributed by atoms with Gasteiger partial charge in [-0.2, -0.15) is 0 Å². The lowest BCUT2D eigenvalue weighted by Gasteiger charge is -2.39. The molecule has 1 spiro atoms. The minimum atomic E-state index is -3.28. The van der Waals surface area contributed by atoms with Crippen molar-refractivity contribution in [2.45, 2.75) is 31.3 Å². The van der Waals surface area contributed by atoms with Gasteiger partial charge in [0.2, 0.25) is 10.0 Å². The Hall–Kier alpha value is -2.12. The summed E-state index contributed by atoms with van der Waals surface area (Å²) in [5.41, 5.74) is 2.59. The second-order valence-corrected chi connectivity index (χ2v) is 9.36. The van der Waals surface area contributed by atoms with E-state index in [0.29, 0.717) is 5.69 Å². The molecule has 0 radical (unpaired) electrons. The van der Waals surface area contributed by atoms with Crippen molar-refractivity contribution >= 4 is 15.7 Å². The molecule has 7 heteroatoms. The van der Waals surface area contributed by atoms with E-state index in [1.165, 1.54) is 6.26 Å². The third-order valence-corrected chi connectivity index (χ3v) is 5.84. The normalized spacial score (nSPS) is 22.4. The summed E-state index contributed by atoms with van der Waals surface area (Å²) in [5, 5.41) is 0. The molecule has 0 aliphatic carbocycles. The van der Waals surface area contributed by atoms with Crippen LogP contribution < -0.4 is 9.46 Å². The third kappa shape index (κ3) is 4.42. The Balaban J connectivity index is 1.42. The van der Waals surface area contributed by atoms with Gasteiger partial charge in [-0.05, 0) is 49.7 Å². The molecule has 1 atom stereocenters. The predicted molar refractivity (Wildman–Crippen MR) is 106 cm³/mol. The fourth-order valence-corrected chi connectivity index (χ4v) is 4.69. The maximum atomic E-state index is 11.5. The van der Waals surface area contributed by atoms with Gasteiger partial charge in [-0.15, -0.1) is 0 Å². The lowest BCUT2D eigenvalue weighted by atomic mass is 9.88. The van der Waals surface area contributed by atoms with Gasteiger partial charge in [-0.1, -0.05) is 6.07 Å². The number of hydrogen-bond acceptors (Lipinski definition) is 5. The molecule has 2 aromatic rings. The summed E-state index contributed by atoms with van der Waals surface area (Å²) in [5.74, 6) is 0.876. The highest BCUT2D eigenvalue weighted by molar-refractivity contribution is 7.92. The van der Waals surface area contributed by atoms with Crippen LogP contribution >= 0.6 is 0 Å². The Morgan fingerprint density at radius 3 is 2.96 bits per heavy atom. The Labute approximate surface area is 160 Å². The number of sulfonamides is 1. The number of ether oxygens (including phenoxy) is 1. The maximum Gasteiger partial charge on any atom is 0.229 e. The lowest BCUT2D eigenvalue weighted by Crippen LogP contribution is -2.51. The van der Waals surface area contributed by atoms with Crippen LogP contribution in [0.15, 0.2) is 42.6 Å². The van der Waals surface area contributed by atoms with Crippen molar-refractivity contribution in [1.29, 1.82) is 0 Å². The molecule has 4 rings (SSSR count). The average molecular weight is 388 g/mol. The molecule has 1 fully saturated rings. The van der Waals surface area contributed by atoms with Crippen molar-refractivity contribution < 1.29 is 13.2 Å². The smallest absolute Gasteiger partial charge is 0.229 e. The van der Waals surface area contributed by atoms with E-state index in [1.54, 1.807) is 6.07 Å². The molecule has 1 saturated heterocycles. The van der Waals surface area contributed by atoms with Crippen molar-refractivity contribution in [3.63, 3.8) is 0 Å². The molecule has 27 heavy (non-hydrogen) atoms. The molecule has 0 bridgehead atoms. The van der Waals surface area contributed by atoms with E-state index in [0.717, 1.165) is 62.3 Å². The van der Waals surface area contributed by atoms with Crippen LogP contribution in [0.3, 0.4) is 0 Å². The van der Waals surface area contributed by atoms with E-state index in [2.05, 4.69) is 20.7 Å². The Bertz CT molecular complexity index is 917. The van der Waals surface area contributed by atoms with Gasteiger partial charge in [0.15, 0.2) is 0 Å². The zero-order valence-electron chi connectivity index (χ0n) is 15.5. The largest absolute Gasteiger partial charge is 0.485 e. The van der Waals surface area contributed by atoms with Crippen molar-refractivity contribution in [1.82, 2.24) is 9.88 Å². The van der Waals surface area contributed by atoms with Crippen LogP contribution in [0.25, 0.3) is 0 Å². The van der Waals surface area contributed by atoms with Gasteiger partial charge in [0.1, 0.15) is 11.4 Å². The lowest BCUT2D eigenvalue weighted by molar-refractivity contribution is 0.00868. The summed E-state index contributed by atoms with van der Waals surface area (Å²) in [6.45, 7) is 2.94. The Morgan fingerprint density at radius 2 is 2.19 bits per heavy atom. The van der Waals surface area contributed by atoms with Gasteiger partial charge in [0.05, 0.1) is 6.26 Å². The van der Waals surface area contributed by atoms with Gasteiger partial charge in [-0.3, -0.25) is 14.6 Å². The summed E-state index contributed by atoms with van der Waals surface area (Å²) >= 11 is 0. The third-order valence-electron chi connectivity index (χ3n) is 5.23. The number of nitrogens with one attached hydrogen (secondary N) is 1. The molecule has 6 nitrogen and oxygen atoms in total. The van der Waals surface area contributed by atoms with E-state index >= 15 is 0 Å². The van der Waals surface area contributed by atoms with Gasteiger partial charge in [0.25, 0.3) is 0 Å². The first-order chi connectivity index (χ1) is 12.9. The van der Waals surface area contributed by atoms with Crippen LogP contribution in [0, 0.1) is 0 Å². The topological polar surface area (TPSA) is 71.5 Å². The number of piperidine rings is 1. The van der Waals surface area contributed by atoms with Gasteiger partial charge in [0, 0.05) is 49.1 Å². The maximum absolute atomic E-state index is 11.5. The van der Waals surface area contributed by atoms with Crippen LogP contribution in [-0.4, -0.2) is 49.8 Å². The van der Waals surface area contributed by atoms with Crippen molar-refractivity contribution in [2.75, 3.05) is 30.6 Å². The van der Waals surface area contributed by atoms with Crippen molar-refractivity contribution in [3.8, 4) is 5.75 Å². The van der Waals surface area contributed by atoms with E-state index in [-0.39, 0.29) is 5.60 Å². The number of hydrogen-bond donors (Lipinski definition) is 1. The molecular weight excluding hydrogens is 362 g/mol. The van der Waals surface area contributed by atoms with Crippen LogP contribution in [0.5, 0.6) is 5.75 Å². The van der Waals surface area contributed by atoms with E-state index in [1.807, 2.05) is 30.5 Å². The molecule has 3 heterocycles. The average Bonchev–Trinajstić information content (AvgIpc) is 2.96. The number of likely N-dealkylation sites (tertiary alicyclic amines) is 1. The van der Waals surface area contributed by atoms with Crippen molar-refractivity contribution in [2.24, 2.45) is 0 Å². The first-order valence-electron chi connectivity index (χ1n) is 9.33. The number of pyridine rings is 1. The minimum Gasteiger partial charge on any atom is -0.485 e. The van der Waals surface area contributed by atoms with Gasteiger partial charge < -0.3 is 4.74 Å². The summed E-state index contributed by atoms with van der Waals surface area (Å²) in [6.07, 6.45) is 6.89. The molecule has 144 valence electrons. The fourth-order valence-electron chi connectivity index (χ4n) is 4.14. The minimum absolute atomic E-state index is 0.200. The number of benzene rings is 1. The molecule has 2 aliphatic heterocycles. The van der Waals surface area contributed by atoms with Crippen molar-refractivity contribution in [3.05, 3.63) is 53.9 Å². The standard InChI is InChI=1S/C20H25N3O3S/c1-27(24,25)22-18-6-7-19-16(13-18)14-20(26-19)9-4-11-23(15-20)12-8-17-5-2-3-10-21-17/h2-3,5-7,10,13,22H,4,8-9,11-12,14-15H2,1H3. The SMILES string of the molecule is CS(=O)(=O)Nc1ccc2c(c1)CC1(CCCN(CCc3ccccn3)C1)O2. The Kier molecular flexibility index (Phi) is 4.82. The van der Waals surface area contributed by atoms with E-state index in [9.17, 15) is 8.42 Å². The Morgan fingerprint density at radius 1 is 1.30 bits per heavy atom. The molecule has 1 unspecified atom stereocenters. The number of rotatable bonds is 5. The van der Waals surface area contributed by atoms with Crippen LogP contribution in [-0.2, 0) is 22.9 Å². The summed E-state index contributed by atoms with van der Waals surface area (Å²) in [6, 6.07) is 11.6. The molecule has 0 amide bonds. The highest BCUT2D eigenvalue weighted by Gasteiger charge is 2.42. The predicted octanol–water partition coefficient (Wildman–Crippen LogP) is 2.47. The quantitative estimate of drug-likeness (QED) is 0.853. The van der Waals surface area contributed by atoms with Crippen LogP contribution in [0.1, 0.15) is 24.1 Å². The zero-order valence-corrected chi connectivity index (χ0v) is 16.3. The molecule has 1 N–H and O–H groups in total. The fraction of sp³-hybridized carbons (Fsp3) is 0.450. The number of anilines is 1. The van der Waals surface area contributed by atoms with E-state index < -0.39 is 10.0 Å². The monoisotopic (exact) mass is 387 g/mol. The molecule has 2 aliphatic rings. The molecular formula is C20H25N3O3S. The second-order valence-electron chi connectivity index (χ2n) is 7.61. The highest BCUT2D eigenvalue weighted by Crippen LogP contribution is 2.41. The number of fused-ring (bicyclic) bond motifs is 1. The number of nitrogens with zero attached hydrogens (tertiary/aromatic N) is 2. The zero-order chi connectivity index (χ0) is 18.9. The summed E-state index contributed by atoms with van der Waals surface area (Å²) < 4.78 is 31.9. The molecule has 1 aromatic heterocycles. The van der Waals surface area contributed by atoms with Gasteiger partial charge >= 0.3 is 0 Å². The molecule has 0 saturated carbocycles. The molecule has 1 aromatic carbocycles. The highest BCUT2D eigenvalue weighted by atomic mass is 32.2. The van der Waals surface area contributed by atoms with Gasteiger partial charge in [-0.25, -0.2) is 8.42 Å². The second kappa shape index (κ2) is 7.13. The number of aromatic nitrogens is 1. The van der Waals surface area contributed by atoms with E-state index in [4.69, 9.17) is 4.74 Å². The first kappa shape index (κ1) is 18.3. The summed E-state index contributed by atoms with van der Waals surface area (Å²) in [4.78, 5) is 6.87.